The van der Waals surface area contributed by atoms with Crippen LogP contribution in [0, 0.1) is 24.7 Å². The number of aliphatic hydroxyl groups excluding tert-OH is 2. The first kappa shape index (κ1) is 104. The summed E-state index contributed by atoms with van der Waals surface area (Å²) in [5.74, 6) is -12.6. The van der Waals surface area contributed by atoms with Crippen molar-refractivity contribution in [3.63, 3.8) is 0 Å². The zero-order valence-electron chi connectivity index (χ0n) is 75.5. The van der Waals surface area contributed by atoms with Crippen molar-refractivity contribution in [3.05, 3.63) is 137 Å². The van der Waals surface area contributed by atoms with Crippen LogP contribution in [0.2, 0.25) is 0 Å². The Hall–Kier alpha value is -13.0. The molecule has 720 valence electrons. The second-order valence-electron chi connectivity index (χ2n) is 33.3. The number of hydrogen-bond acceptors (Lipinski definition) is 27. The van der Waals surface area contributed by atoms with E-state index in [0.717, 1.165) is 27.5 Å². The van der Waals surface area contributed by atoms with Gasteiger partial charge in [-0.15, -0.1) is 0 Å². The Morgan fingerprint density at radius 3 is 1.56 bits per heavy atom. The topological polar surface area (TPSA) is 559 Å². The zero-order chi connectivity index (χ0) is 96.7. The molecule has 4 aromatic carbocycles. The fraction of sp³-hybridized carbons (Fsp3) is 0.505. The number of aryl methyl sites for hydroxylation is 2. The van der Waals surface area contributed by atoms with Crippen LogP contribution < -0.4 is 67.4 Å². The van der Waals surface area contributed by atoms with Gasteiger partial charge in [-0.25, -0.2) is 19.4 Å². The van der Waals surface area contributed by atoms with Crippen molar-refractivity contribution in [2.45, 2.75) is 193 Å². The molecule has 10 atom stereocenters. The number of carboxylic acid groups (broad SMARTS) is 2. The van der Waals surface area contributed by atoms with E-state index in [2.05, 4.69) is 45.1 Å². The molecule has 2 fully saturated rings. The van der Waals surface area contributed by atoms with Crippen molar-refractivity contribution in [1.82, 2.24) is 36.0 Å². The monoisotopic (exact) mass is 1850 g/mol. The minimum absolute atomic E-state index is 0.00363. The van der Waals surface area contributed by atoms with Gasteiger partial charge in [-0.05, 0) is 163 Å². The van der Waals surface area contributed by atoms with Crippen molar-refractivity contribution in [2.24, 2.45) is 29.2 Å². The molecule has 0 saturated carbocycles. The minimum Gasteiger partial charge on any atom is -0.493 e. The van der Waals surface area contributed by atoms with Crippen LogP contribution in [0.3, 0.4) is 0 Å². The van der Waals surface area contributed by atoms with Gasteiger partial charge in [-0.1, -0.05) is 62.4 Å². The van der Waals surface area contributed by atoms with Crippen LogP contribution in [0.5, 0.6) is 17.2 Å². The second-order valence-corrected chi connectivity index (χ2v) is 33.3. The predicted octanol–water partition coefficient (Wildman–Crippen LogP) is 5.39. The summed E-state index contributed by atoms with van der Waals surface area (Å²) in [5.41, 5.74) is 15.3. The molecule has 2 unspecified atom stereocenters. The van der Waals surface area contributed by atoms with Gasteiger partial charge < -0.3 is 107 Å². The number of ether oxygens (including phenoxy) is 7. The summed E-state index contributed by atoms with van der Waals surface area (Å²) in [6, 6.07) is 13.7. The van der Waals surface area contributed by atoms with Gasteiger partial charge in [0, 0.05) is 87.0 Å². The van der Waals surface area contributed by atoms with Gasteiger partial charge in [0.05, 0.1) is 125 Å². The molecule has 0 bridgehead atoms. The molecule has 5 aliphatic rings. The van der Waals surface area contributed by atoms with E-state index in [4.69, 9.17) is 49.7 Å². The molecule has 14 N–H and O–H groups in total. The van der Waals surface area contributed by atoms with E-state index in [1.54, 1.807) is 61.5 Å². The molecule has 0 radical (unpaired) electrons. The smallest absolute Gasteiger partial charge is 0.416 e. The number of nitrogens with one attached hydrogen (secondary N) is 6. The summed E-state index contributed by atoms with van der Waals surface area (Å²) >= 11 is 0. The van der Waals surface area contributed by atoms with Gasteiger partial charge >= 0.3 is 24.1 Å². The molecule has 133 heavy (non-hydrogen) atoms. The molecule has 2 saturated heterocycles. The van der Waals surface area contributed by atoms with Gasteiger partial charge in [0.2, 0.25) is 35.4 Å². The van der Waals surface area contributed by atoms with Crippen molar-refractivity contribution < 1.29 is 130 Å². The van der Waals surface area contributed by atoms with Crippen LogP contribution in [-0.2, 0) is 89.5 Å². The number of carboxylic acids is 2. The Labute approximate surface area is 769 Å². The van der Waals surface area contributed by atoms with Gasteiger partial charge in [-0.2, -0.15) is 0 Å². The number of unbranched alkanes of at least 4 members (excludes halogenated alkanes) is 4. The van der Waals surface area contributed by atoms with Crippen molar-refractivity contribution in [3.8, 4) is 17.2 Å². The van der Waals surface area contributed by atoms with Crippen LogP contribution in [0.1, 0.15) is 167 Å². The van der Waals surface area contributed by atoms with Crippen LogP contribution in [0.25, 0.3) is 0 Å². The Kier molecular flexibility index (Phi) is 39.4. The maximum Gasteiger partial charge on any atom is 0.416 e. The van der Waals surface area contributed by atoms with E-state index in [0.29, 0.717) is 103 Å². The minimum atomic E-state index is -1.60. The van der Waals surface area contributed by atoms with Crippen LogP contribution in [-0.4, -0.2) is 265 Å². The maximum atomic E-state index is 14.4. The maximum absolute atomic E-state index is 14.4. The fourth-order valence-electron chi connectivity index (χ4n) is 15.9. The third-order valence-corrected chi connectivity index (χ3v) is 23.1. The first-order valence-electron chi connectivity index (χ1n) is 44.5. The average Bonchev–Trinajstić information content (AvgIpc) is 1.61. The lowest BCUT2D eigenvalue weighted by molar-refractivity contribution is -0.149. The normalized spacial score (nSPS) is 17.5. The fourth-order valence-corrected chi connectivity index (χ4v) is 15.9. The van der Waals surface area contributed by atoms with Crippen molar-refractivity contribution >= 4 is 118 Å². The van der Waals surface area contributed by atoms with Crippen molar-refractivity contribution in [1.29, 1.82) is 0 Å². The van der Waals surface area contributed by atoms with Crippen LogP contribution in [0.15, 0.2) is 109 Å². The molecule has 40 nitrogen and oxygen atoms in total. The average molecular weight is 1850 g/mol. The second kappa shape index (κ2) is 50.6. The highest BCUT2D eigenvalue weighted by Gasteiger charge is 2.49. The first-order valence-corrected chi connectivity index (χ1v) is 44.5. The summed E-state index contributed by atoms with van der Waals surface area (Å²) in [6.07, 6.45) is 0.0947. The van der Waals surface area contributed by atoms with Crippen LogP contribution in [0.4, 0.5) is 32.3 Å². The number of aliphatic carboxylic acids is 2. The molecule has 4 aromatic rings. The molecule has 0 aromatic heterocycles. The molecular formula is C93H121N13O27. The quantitative estimate of drug-likeness (QED) is 0.0150. The largest absolute Gasteiger partial charge is 0.493 e. The molecule has 9 rings (SSSR count). The third-order valence-electron chi connectivity index (χ3n) is 23.1. The summed E-state index contributed by atoms with van der Waals surface area (Å²) in [5, 5.41) is 58.9. The molecule has 5 aliphatic heterocycles. The predicted molar refractivity (Wildman–Crippen MR) is 481 cm³/mol. The van der Waals surface area contributed by atoms with Gasteiger partial charge in [0.15, 0.2) is 35.5 Å². The number of nitrogens with zero attached hydrogens (tertiary/aromatic N) is 5. The Bertz CT molecular complexity index is 4930. The number of fused-ring (bicyclic) bond motifs is 4. The Morgan fingerprint density at radius 2 is 1.03 bits per heavy atom. The molecule has 12 amide bonds. The molecule has 40 heteroatoms. The third kappa shape index (κ3) is 29.2. The number of hydrogen-bond donors (Lipinski definition) is 12. The number of nitrogens with two attached hydrogens (primary N) is 2. The number of ketones is 2. The van der Waals surface area contributed by atoms with E-state index >= 15 is 0 Å². The molecular weight excluding hydrogens is 1730 g/mol. The summed E-state index contributed by atoms with van der Waals surface area (Å²) in [6.45, 7) is 14.2. The zero-order valence-corrected chi connectivity index (χ0v) is 75.5. The Balaban J connectivity index is 0.728. The van der Waals surface area contributed by atoms with E-state index in [-0.39, 0.29) is 176 Å². The highest BCUT2D eigenvalue weighted by molar-refractivity contribution is 6.16. The number of benzene rings is 4. The molecule has 0 spiro atoms. The van der Waals surface area contributed by atoms with E-state index in [9.17, 15) is 92.0 Å². The molecule has 0 aliphatic carbocycles. The lowest BCUT2D eigenvalue weighted by atomic mass is 9.92. The lowest BCUT2D eigenvalue weighted by Gasteiger charge is -2.31. The van der Waals surface area contributed by atoms with E-state index < -0.39 is 162 Å². The number of carbonyl (C=O) groups excluding carboxylic acids is 14. The number of methoxy groups -OCH3 is 1. The highest BCUT2D eigenvalue weighted by atomic mass is 16.6. The lowest BCUT2D eigenvalue weighted by Crippen LogP contribution is -2.56. The number of imide groups is 1. The van der Waals surface area contributed by atoms with Gasteiger partial charge in [0.25, 0.3) is 23.6 Å². The van der Waals surface area contributed by atoms with Crippen LogP contribution >= 0.6 is 0 Å². The van der Waals surface area contributed by atoms with Gasteiger partial charge in [0.1, 0.15) is 18.4 Å². The number of rotatable bonds is 53. The van der Waals surface area contributed by atoms with E-state index in [1.807, 2.05) is 0 Å². The summed E-state index contributed by atoms with van der Waals surface area (Å²) in [4.78, 5) is 217. The highest BCUT2D eigenvalue weighted by Crippen LogP contribution is 2.44. The SMILES string of the molecule is C=C1C[C@H]2[C@H](O)N(C(=O)OCCCc3ccc(NC(=O)[C@H](CC(=O)O)CC(=O)[C@H](CCCCN)NC(=O)CCOCCNC(=O)C(C(C)C(=O)NCCOCCC(=O)N[C@@H](CCCCN)C(C)=O)N4C(=O)C=CC4=O)cc3)c3cc(OCCCCCOc4cc5c(cc4C)C(=O)N4CC(=C)C[C@H]4[C@H](O)N5C(=O)OCc4ccc(NC(=O)[C@@H](C)CC(=O)O)cc4)c(OC)cc3C(=O)N2C1. The van der Waals surface area contributed by atoms with E-state index in [1.165, 1.54) is 55.9 Å². The number of Topliss-reactive ketones (excluding diaryl/α,β-unsaturated/α-hetero) is 2. The van der Waals surface area contributed by atoms with Crippen molar-refractivity contribution in [2.75, 3.05) is 113 Å². The summed E-state index contributed by atoms with van der Waals surface area (Å²) < 4.78 is 41.0. The first-order chi connectivity index (χ1) is 63.6. The summed E-state index contributed by atoms with van der Waals surface area (Å²) in [7, 11) is 1.39. The molecule has 5 heterocycles. The number of carbonyl (C=O) groups is 16. The number of anilines is 4. The van der Waals surface area contributed by atoms with Gasteiger partial charge in [-0.3, -0.25) is 72.0 Å². The number of aliphatic hydroxyl groups is 2. The number of amides is 12. The Morgan fingerprint density at radius 1 is 0.534 bits per heavy atom. The standard InChI is InChI=1S/C93H121N13O27/c1-54-43-72-91(124)105(93(126)133-53-61-21-25-63(26-22-61)98-84(117)57(4)45-81(113)114)69-49-74(56(3)44-65(69)88(121)102(72)51-54)130-35-13-8-14-36-131-76-50-70-66(48-75(76)127-7)89(122)103-52-55(2)42-71(103)90(123)104(70)92(125)132-37-15-16-60-19-23-64(24-20-60)99-86(119)62(47-82(115)116)46-73(108)68(18-10-12-32-95)101-78(110)30-39-129-41-34-97-87(120)83(106-79(111)27-28-80(106)112)58(5)85(118)96-33-40-128-38-29-77(109)100-67(59(6)107)17-9-11-31-94/h19-28,44,48-50,57-58,62,67-68,71-72,83,90-91,123-124H,1-2,8-18,29-43,45-47,51-53,94-95H2,3-7H3,(H,96,118)(H,97,120)(H,98,117)(H,99,119)(H,100,109)(H,101,110)(H,113,114)(H,115,116)/t57-,58?,62-,67-,68-,71-,72-,83?,90-,91-/m0/s1.